The van der Waals surface area contributed by atoms with Crippen molar-refractivity contribution >= 4 is 28.9 Å². The van der Waals surface area contributed by atoms with E-state index in [-0.39, 0.29) is 17.6 Å². The van der Waals surface area contributed by atoms with Gasteiger partial charge in [-0.05, 0) is 18.3 Å². The van der Waals surface area contributed by atoms with Crippen LogP contribution in [0.5, 0.6) is 0 Å². The van der Waals surface area contributed by atoms with E-state index in [1.165, 1.54) is 16.7 Å². The van der Waals surface area contributed by atoms with Gasteiger partial charge in [-0.15, -0.1) is 0 Å². The average molecular weight is 314 g/mol. The molecule has 0 radical (unpaired) electrons. The van der Waals surface area contributed by atoms with Crippen LogP contribution >= 0.6 is 11.8 Å². The molecule has 1 atom stereocenters. The van der Waals surface area contributed by atoms with Gasteiger partial charge in [0, 0.05) is 31.8 Å². The second kappa shape index (κ2) is 6.25. The molecule has 7 heteroatoms. The summed E-state index contributed by atoms with van der Waals surface area (Å²) in [7, 11) is 0. The number of carbonyl (C=O) groups is 3. The molecule has 0 spiro atoms. The number of carbonyl (C=O) groups excluding carboxylic acids is 2. The Morgan fingerprint density at radius 2 is 2.10 bits per heavy atom. The van der Waals surface area contributed by atoms with Crippen molar-refractivity contribution in [2.75, 3.05) is 25.4 Å². The molecule has 0 aromatic rings. The predicted octanol–water partition coefficient (Wildman–Crippen LogP) is 1.65. The van der Waals surface area contributed by atoms with Gasteiger partial charge in [0.05, 0.1) is 0 Å². The van der Waals surface area contributed by atoms with Crippen molar-refractivity contribution in [1.82, 2.24) is 9.80 Å². The molecule has 21 heavy (non-hydrogen) atoms. The maximum atomic E-state index is 12.4. The molecule has 2 fully saturated rings. The van der Waals surface area contributed by atoms with Crippen molar-refractivity contribution in [2.45, 2.75) is 39.2 Å². The second-order valence-electron chi connectivity index (χ2n) is 6.27. The van der Waals surface area contributed by atoms with E-state index in [1.807, 2.05) is 13.8 Å². The number of carboxylic acids is 1. The molecule has 2 saturated heterocycles. The van der Waals surface area contributed by atoms with Gasteiger partial charge in [0.25, 0.3) is 5.24 Å². The van der Waals surface area contributed by atoms with Crippen molar-refractivity contribution in [2.24, 2.45) is 5.41 Å². The van der Waals surface area contributed by atoms with Crippen LogP contribution in [0.3, 0.4) is 0 Å². The summed E-state index contributed by atoms with van der Waals surface area (Å²) >= 11 is 1.27. The molecule has 2 rings (SSSR count). The number of rotatable bonds is 4. The topological polar surface area (TPSA) is 77.9 Å². The quantitative estimate of drug-likeness (QED) is 0.853. The number of hydrogen-bond donors (Lipinski definition) is 1. The molecular weight excluding hydrogens is 292 g/mol. The van der Waals surface area contributed by atoms with Gasteiger partial charge in [-0.2, -0.15) is 0 Å². The molecule has 2 aliphatic rings. The van der Waals surface area contributed by atoms with E-state index < -0.39 is 17.4 Å². The molecule has 118 valence electrons. The van der Waals surface area contributed by atoms with Crippen LogP contribution in [0.4, 0.5) is 4.79 Å². The van der Waals surface area contributed by atoms with Crippen LogP contribution in [0.1, 0.15) is 33.1 Å². The zero-order valence-electron chi connectivity index (χ0n) is 12.5. The molecule has 0 aliphatic carbocycles. The third-order valence-corrected chi connectivity index (χ3v) is 5.16. The molecule has 1 unspecified atom stereocenters. The first-order valence-corrected chi connectivity index (χ1v) is 8.25. The Labute approximate surface area is 128 Å². The predicted molar refractivity (Wildman–Crippen MR) is 80.2 cm³/mol. The molecule has 0 saturated carbocycles. The smallest absolute Gasteiger partial charge is 0.326 e. The fourth-order valence-electron chi connectivity index (χ4n) is 3.13. The van der Waals surface area contributed by atoms with Gasteiger partial charge in [0.2, 0.25) is 5.91 Å². The first-order chi connectivity index (χ1) is 9.83. The summed E-state index contributed by atoms with van der Waals surface area (Å²) in [5.74, 6) is -0.345. The standard InChI is InChI=1S/C14H22N2O4S/c1-14(2)5-3-6-16(11(14)12(18)19)10(17)4-7-15-8-9-21-13(15)20/h11H,3-9H2,1-2H3,(H,18,19). The minimum Gasteiger partial charge on any atom is -0.480 e. The van der Waals surface area contributed by atoms with Gasteiger partial charge < -0.3 is 14.9 Å². The highest BCUT2D eigenvalue weighted by Gasteiger charge is 2.44. The Balaban J connectivity index is 1.99. The number of aliphatic carboxylic acids is 1. The van der Waals surface area contributed by atoms with Crippen LogP contribution in [0.25, 0.3) is 0 Å². The van der Waals surface area contributed by atoms with Crippen molar-refractivity contribution in [3.05, 3.63) is 0 Å². The molecule has 2 amide bonds. The van der Waals surface area contributed by atoms with Gasteiger partial charge in [-0.3, -0.25) is 9.59 Å². The number of carboxylic acid groups (broad SMARTS) is 1. The monoisotopic (exact) mass is 314 g/mol. The van der Waals surface area contributed by atoms with Crippen LogP contribution in [-0.2, 0) is 9.59 Å². The summed E-state index contributed by atoms with van der Waals surface area (Å²) in [5.41, 5.74) is -0.418. The fourth-order valence-corrected chi connectivity index (χ4v) is 3.98. The van der Waals surface area contributed by atoms with Gasteiger partial charge in [0.15, 0.2) is 0 Å². The number of piperidine rings is 1. The number of nitrogens with zero attached hydrogens (tertiary/aromatic N) is 2. The van der Waals surface area contributed by atoms with Crippen LogP contribution in [0.15, 0.2) is 0 Å². The lowest BCUT2D eigenvalue weighted by atomic mass is 9.76. The van der Waals surface area contributed by atoms with Crippen molar-refractivity contribution in [1.29, 1.82) is 0 Å². The zero-order chi connectivity index (χ0) is 15.6. The van der Waals surface area contributed by atoms with Crippen LogP contribution in [-0.4, -0.2) is 63.5 Å². The Bertz CT molecular complexity index is 452. The lowest BCUT2D eigenvalue weighted by Crippen LogP contribution is -2.56. The Morgan fingerprint density at radius 3 is 2.67 bits per heavy atom. The molecule has 6 nitrogen and oxygen atoms in total. The van der Waals surface area contributed by atoms with E-state index in [2.05, 4.69) is 0 Å². The summed E-state index contributed by atoms with van der Waals surface area (Å²) in [4.78, 5) is 38.6. The summed E-state index contributed by atoms with van der Waals surface area (Å²) in [6.45, 7) is 5.33. The van der Waals surface area contributed by atoms with Gasteiger partial charge >= 0.3 is 5.97 Å². The summed E-state index contributed by atoms with van der Waals surface area (Å²) < 4.78 is 0. The summed E-state index contributed by atoms with van der Waals surface area (Å²) in [6, 6.07) is -0.776. The van der Waals surface area contributed by atoms with E-state index in [1.54, 1.807) is 4.90 Å². The minimum atomic E-state index is -0.944. The first-order valence-electron chi connectivity index (χ1n) is 7.27. The second-order valence-corrected chi connectivity index (χ2v) is 7.32. The van der Waals surface area contributed by atoms with Crippen molar-refractivity contribution in [3.8, 4) is 0 Å². The molecule has 0 aromatic heterocycles. The SMILES string of the molecule is CC1(C)CCCN(C(=O)CCN2CCSC2=O)C1C(=O)O. The van der Waals surface area contributed by atoms with Crippen molar-refractivity contribution < 1.29 is 19.5 Å². The first kappa shape index (κ1) is 16.1. The van der Waals surface area contributed by atoms with E-state index in [0.29, 0.717) is 19.6 Å². The zero-order valence-corrected chi connectivity index (χ0v) is 13.3. The number of hydrogen-bond acceptors (Lipinski definition) is 4. The molecule has 0 aromatic carbocycles. The molecule has 2 heterocycles. The van der Waals surface area contributed by atoms with E-state index in [0.717, 1.165) is 18.6 Å². The third-order valence-electron chi connectivity index (χ3n) is 4.27. The normalized spacial score (nSPS) is 25.2. The van der Waals surface area contributed by atoms with Crippen LogP contribution in [0.2, 0.25) is 0 Å². The molecule has 0 bridgehead atoms. The lowest BCUT2D eigenvalue weighted by Gasteiger charge is -2.44. The molecule has 1 N–H and O–H groups in total. The van der Waals surface area contributed by atoms with Gasteiger partial charge in [-0.1, -0.05) is 25.6 Å². The summed E-state index contributed by atoms with van der Waals surface area (Å²) in [5, 5.41) is 9.46. The lowest BCUT2D eigenvalue weighted by molar-refractivity contribution is -0.159. The Kier molecular flexibility index (Phi) is 4.81. The summed E-state index contributed by atoms with van der Waals surface area (Å²) in [6.07, 6.45) is 1.82. The fraction of sp³-hybridized carbons (Fsp3) is 0.786. The highest BCUT2D eigenvalue weighted by molar-refractivity contribution is 8.13. The van der Waals surface area contributed by atoms with Gasteiger partial charge in [0.1, 0.15) is 6.04 Å². The Morgan fingerprint density at radius 1 is 1.38 bits per heavy atom. The van der Waals surface area contributed by atoms with E-state index >= 15 is 0 Å². The Hall–Kier alpha value is -1.24. The average Bonchev–Trinajstić information content (AvgIpc) is 2.79. The van der Waals surface area contributed by atoms with Gasteiger partial charge in [-0.25, -0.2) is 4.79 Å². The maximum absolute atomic E-state index is 12.4. The third kappa shape index (κ3) is 3.51. The molecule has 2 aliphatic heterocycles. The van der Waals surface area contributed by atoms with E-state index in [9.17, 15) is 19.5 Å². The van der Waals surface area contributed by atoms with Crippen molar-refractivity contribution in [3.63, 3.8) is 0 Å². The highest BCUT2D eigenvalue weighted by Crippen LogP contribution is 2.35. The van der Waals surface area contributed by atoms with E-state index in [4.69, 9.17) is 0 Å². The molecular formula is C14H22N2O4S. The number of amides is 2. The maximum Gasteiger partial charge on any atom is 0.326 e. The van der Waals surface area contributed by atoms with Crippen LogP contribution < -0.4 is 0 Å². The highest BCUT2D eigenvalue weighted by atomic mass is 32.2. The minimum absolute atomic E-state index is 0.0107. The number of likely N-dealkylation sites (tertiary alicyclic amines) is 1. The van der Waals surface area contributed by atoms with Crippen LogP contribution in [0, 0.1) is 5.41 Å². The number of thioether (sulfide) groups is 1. The largest absolute Gasteiger partial charge is 0.480 e.